The van der Waals surface area contributed by atoms with Crippen molar-refractivity contribution < 1.29 is 9.13 Å². The second kappa shape index (κ2) is 4.85. The summed E-state index contributed by atoms with van der Waals surface area (Å²) in [6, 6.07) is 7.41. The number of hydrogen-bond donors (Lipinski definition) is 0. The zero-order valence-electron chi connectivity index (χ0n) is 7.79. The van der Waals surface area contributed by atoms with Crippen LogP contribution < -0.4 is 4.74 Å². The molecule has 1 unspecified atom stereocenters. The van der Waals surface area contributed by atoms with Crippen LogP contribution in [0.25, 0.3) is 0 Å². The third-order valence-corrected chi connectivity index (χ3v) is 1.83. The summed E-state index contributed by atoms with van der Waals surface area (Å²) in [5.74, 6) is 0.488. The molecule has 0 saturated heterocycles. The van der Waals surface area contributed by atoms with Crippen LogP contribution in [-0.2, 0) is 0 Å². The van der Waals surface area contributed by atoms with E-state index in [2.05, 4.69) is 6.92 Å². The Morgan fingerprint density at radius 3 is 2.92 bits per heavy atom. The molecule has 0 aliphatic rings. The van der Waals surface area contributed by atoms with E-state index >= 15 is 0 Å². The molecule has 0 amide bonds. The van der Waals surface area contributed by atoms with Crippen molar-refractivity contribution in [2.45, 2.75) is 12.8 Å². The molecule has 71 valence electrons. The first-order valence-corrected chi connectivity index (χ1v) is 4.39. The molecule has 0 aromatic heterocycles. The minimum absolute atomic E-state index is 0.291. The first kappa shape index (κ1) is 10.0. The van der Waals surface area contributed by atoms with Gasteiger partial charge >= 0.3 is 0 Å². The average molecular weight is 181 g/mol. The summed E-state index contributed by atoms with van der Waals surface area (Å²) in [6.07, 6.45) is 0. The number of benzene rings is 1. The zero-order valence-corrected chi connectivity index (χ0v) is 7.79. The third-order valence-electron chi connectivity index (χ3n) is 1.83. The van der Waals surface area contributed by atoms with Gasteiger partial charge in [-0.3, -0.25) is 4.39 Å². The molecule has 0 heterocycles. The minimum atomic E-state index is -0.435. The van der Waals surface area contributed by atoms with E-state index in [1.54, 1.807) is 0 Å². The van der Waals surface area contributed by atoms with Gasteiger partial charge < -0.3 is 4.74 Å². The van der Waals surface area contributed by atoms with Crippen LogP contribution in [0.3, 0.4) is 0 Å². The van der Waals surface area contributed by atoms with Gasteiger partial charge in [0.1, 0.15) is 5.75 Å². The minimum Gasteiger partial charge on any atom is -0.494 e. The maximum atomic E-state index is 12.3. The quantitative estimate of drug-likeness (QED) is 0.693. The maximum absolute atomic E-state index is 12.3. The summed E-state index contributed by atoms with van der Waals surface area (Å²) < 4.78 is 17.6. The van der Waals surface area contributed by atoms with E-state index < -0.39 is 6.67 Å². The van der Waals surface area contributed by atoms with E-state index in [0.29, 0.717) is 6.61 Å². The number of halogens is 1. The lowest BCUT2D eigenvalue weighted by Gasteiger charge is -2.09. The first-order chi connectivity index (χ1) is 6.27. The summed E-state index contributed by atoms with van der Waals surface area (Å²) in [5.41, 5.74) is 0.883. The summed E-state index contributed by atoms with van der Waals surface area (Å²) >= 11 is 0. The summed E-state index contributed by atoms with van der Waals surface area (Å²) in [5, 5.41) is 0. The van der Waals surface area contributed by atoms with E-state index in [1.165, 1.54) is 0 Å². The molecule has 2 heteroatoms. The highest BCUT2D eigenvalue weighted by Gasteiger charge is 2.05. The predicted molar refractivity (Wildman–Crippen MR) is 51.7 cm³/mol. The molecular weight excluding hydrogens is 167 g/mol. The Hall–Kier alpha value is -1.05. The van der Waals surface area contributed by atoms with Gasteiger partial charge in [0.15, 0.2) is 0 Å². The van der Waals surface area contributed by atoms with Crippen molar-refractivity contribution in [2.75, 3.05) is 13.3 Å². The Balaban J connectivity index is 2.78. The van der Waals surface area contributed by atoms with Gasteiger partial charge in [-0.1, -0.05) is 12.1 Å². The largest absolute Gasteiger partial charge is 0.494 e. The molecule has 0 bridgehead atoms. The van der Waals surface area contributed by atoms with Gasteiger partial charge in [-0.2, -0.15) is 0 Å². The Kier molecular flexibility index (Phi) is 3.74. The zero-order chi connectivity index (χ0) is 9.68. The lowest BCUT2D eigenvalue weighted by Crippen LogP contribution is -1.97. The lowest BCUT2D eigenvalue weighted by atomic mass is 10.0. The lowest BCUT2D eigenvalue weighted by molar-refractivity contribution is 0.339. The molecule has 0 aliphatic heterocycles. The van der Waals surface area contributed by atoms with Crippen molar-refractivity contribution in [1.29, 1.82) is 0 Å². The molecular formula is C11H14FO. The SMILES string of the molecule is [CH2]C(CF)c1cccc(OCC)c1. The molecule has 1 rings (SSSR count). The highest BCUT2D eigenvalue weighted by Crippen LogP contribution is 2.20. The van der Waals surface area contributed by atoms with E-state index in [1.807, 2.05) is 31.2 Å². The van der Waals surface area contributed by atoms with Gasteiger partial charge in [0.05, 0.1) is 13.3 Å². The average Bonchev–Trinajstić information content (AvgIpc) is 2.18. The van der Waals surface area contributed by atoms with Crippen LogP contribution in [-0.4, -0.2) is 13.3 Å². The van der Waals surface area contributed by atoms with Crippen molar-refractivity contribution in [2.24, 2.45) is 0 Å². The smallest absolute Gasteiger partial charge is 0.119 e. The Bertz CT molecular complexity index is 260. The molecule has 13 heavy (non-hydrogen) atoms. The number of hydrogen-bond acceptors (Lipinski definition) is 1. The molecule has 0 fully saturated rings. The topological polar surface area (TPSA) is 9.23 Å². The summed E-state index contributed by atoms with van der Waals surface area (Å²) in [4.78, 5) is 0. The molecule has 0 aliphatic carbocycles. The van der Waals surface area contributed by atoms with Crippen LogP contribution in [0.1, 0.15) is 18.4 Å². The number of ether oxygens (including phenoxy) is 1. The van der Waals surface area contributed by atoms with Crippen molar-refractivity contribution in [3.63, 3.8) is 0 Å². The Morgan fingerprint density at radius 2 is 2.31 bits per heavy atom. The van der Waals surface area contributed by atoms with Crippen molar-refractivity contribution in [1.82, 2.24) is 0 Å². The molecule has 0 N–H and O–H groups in total. The van der Waals surface area contributed by atoms with Gasteiger partial charge in [0, 0.05) is 5.92 Å². The normalized spacial score (nSPS) is 12.5. The first-order valence-electron chi connectivity index (χ1n) is 4.39. The monoisotopic (exact) mass is 181 g/mol. The molecule has 1 aromatic carbocycles. The third kappa shape index (κ3) is 2.72. The number of rotatable bonds is 4. The van der Waals surface area contributed by atoms with Gasteiger partial charge in [-0.05, 0) is 31.5 Å². The van der Waals surface area contributed by atoms with Gasteiger partial charge in [-0.15, -0.1) is 0 Å². The molecule has 0 saturated carbocycles. The van der Waals surface area contributed by atoms with E-state index in [4.69, 9.17) is 4.74 Å². The Morgan fingerprint density at radius 1 is 1.54 bits per heavy atom. The fourth-order valence-electron chi connectivity index (χ4n) is 1.11. The van der Waals surface area contributed by atoms with Crippen LogP contribution in [0.2, 0.25) is 0 Å². The fourth-order valence-corrected chi connectivity index (χ4v) is 1.11. The highest BCUT2D eigenvalue weighted by atomic mass is 19.1. The van der Waals surface area contributed by atoms with Crippen LogP contribution in [0.5, 0.6) is 5.75 Å². The van der Waals surface area contributed by atoms with E-state index in [0.717, 1.165) is 11.3 Å². The Labute approximate surface area is 78.5 Å². The second-order valence-electron chi connectivity index (χ2n) is 2.86. The van der Waals surface area contributed by atoms with E-state index in [-0.39, 0.29) is 5.92 Å². The van der Waals surface area contributed by atoms with Crippen LogP contribution >= 0.6 is 0 Å². The van der Waals surface area contributed by atoms with Crippen molar-refractivity contribution in [3.05, 3.63) is 36.8 Å². The van der Waals surface area contributed by atoms with Crippen molar-refractivity contribution in [3.8, 4) is 5.75 Å². The van der Waals surface area contributed by atoms with Gasteiger partial charge in [0.25, 0.3) is 0 Å². The summed E-state index contributed by atoms with van der Waals surface area (Å²) in [7, 11) is 0. The van der Waals surface area contributed by atoms with Crippen LogP contribution in [0.15, 0.2) is 24.3 Å². The standard InChI is InChI=1S/C11H14FO/c1-3-13-11-6-4-5-10(7-11)9(2)8-12/h4-7,9H,2-3,8H2,1H3. The van der Waals surface area contributed by atoms with Gasteiger partial charge in [0.2, 0.25) is 0 Å². The van der Waals surface area contributed by atoms with Crippen LogP contribution in [0.4, 0.5) is 4.39 Å². The highest BCUT2D eigenvalue weighted by molar-refractivity contribution is 5.31. The van der Waals surface area contributed by atoms with E-state index in [9.17, 15) is 4.39 Å². The molecule has 1 aromatic rings. The predicted octanol–water partition coefficient (Wildman–Crippen LogP) is 2.97. The fraction of sp³-hybridized carbons (Fsp3) is 0.364. The van der Waals surface area contributed by atoms with Crippen LogP contribution in [0, 0.1) is 6.92 Å². The molecule has 1 atom stereocenters. The molecule has 1 nitrogen and oxygen atoms in total. The second-order valence-corrected chi connectivity index (χ2v) is 2.86. The maximum Gasteiger partial charge on any atom is 0.119 e. The summed E-state index contributed by atoms with van der Waals surface area (Å²) in [6.45, 7) is 5.81. The van der Waals surface area contributed by atoms with Crippen molar-refractivity contribution >= 4 is 0 Å². The molecule has 1 radical (unpaired) electrons. The van der Waals surface area contributed by atoms with Gasteiger partial charge in [-0.25, -0.2) is 0 Å². The molecule has 0 spiro atoms. The number of alkyl halides is 1.